The lowest BCUT2D eigenvalue weighted by atomic mass is 9.41. The molecule has 4 N–H and O–H groups in total. The first-order chi connectivity index (χ1) is 15.0. The van der Waals surface area contributed by atoms with Gasteiger partial charge >= 0.3 is 5.97 Å². The van der Waals surface area contributed by atoms with Gasteiger partial charge in [-0.3, -0.25) is 4.79 Å². The summed E-state index contributed by atoms with van der Waals surface area (Å²) in [4.78, 5) is 11.5. The third-order valence-corrected chi connectivity index (χ3v) is 11.4. The van der Waals surface area contributed by atoms with Crippen molar-refractivity contribution in [3.8, 4) is 0 Å². The highest BCUT2D eigenvalue weighted by Gasteiger charge is 2.67. The van der Waals surface area contributed by atoms with E-state index >= 15 is 0 Å². The van der Waals surface area contributed by atoms with Crippen LogP contribution in [0.3, 0.4) is 0 Å². The number of carboxylic acids is 1. The van der Waals surface area contributed by atoms with E-state index in [1.165, 1.54) is 0 Å². The molecule has 0 aliphatic heterocycles. The quantitative estimate of drug-likeness (QED) is 0.500. The van der Waals surface area contributed by atoms with Crippen molar-refractivity contribution in [1.82, 2.24) is 0 Å². The highest BCUT2D eigenvalue weighted by Crippen LogP contribution is 2.69. The number of carbonyl (C=O) groups is 1. The zero-order chi connectivity index (χ0) is 23.6. The molecule has 0 saturated heterocycles. The van der Waals surface area contributed by atoms with Crippen LogP contribution in [-0.4, -0.2) is 44.7 Å². The second kappa shape index (κ2) is 8.53. The monoisotopic (exact) mass is 450 g/mol. The van der Waals surface area contributed by atoms with Gasteiger partial charge < -0.3 is 20.4 Å². The van der Waals surface area contributed by atoms with Crippen molar-refractivity contribution in [3.05, 3.63) is 0 Å². The first kappa shape index (κ1) is 24.5. The predicted octanol–water partition coefficient (Wildman–Crippen LogP) is 4.33. The molecule has 184 valence electrons. The largest absolute Gasteiger partial charge is 0.481 e. The molecule has 32 heavy (non-hydrogen) atoms. The molecule has 0 heterocycles. The van der Waals surface area contributed by atoms with Gasteiger partial charge in [-0.15, -0.1) is 0 Å². The Balaban J connectivity index is 1.66. The van der Waals surface area contributed by atoms with Gasteiger partial charge in [-0.25, -0.2) is 0 Å². The minimum absolute atomic E-state index is 0.0631. The molecular weight excluding hydrogens is 404 g/mol. The highest BCUT2D eigenvalue weighted by molar-refractivity contribution is 5.69. The van der Waals surface area contributed by atoms with Crippen molar-refractivity contribution in [2.45, 2.75) is 104 Å². The normalized spacial score (nSPS) is 52.4. The molecule has 0 radical (unpaired) electrons. The number of fused-ring (bicyclic) bond motifs is 5. The summed E-state index contributed by atoms with van der Waals surface area (Å²) >= 11 is 0. The topological polar surface area (TPSA) is 98.0 Å². The van der Waals surface area contributed by atoms with Crippen LogP contribution in [0.15, 0.2) is 0 Å². The van der Waals surface area contributed by atoms with Gasteiger partial charge in [0.15, 0.2) is 0 Å². The molecule has 0 spiro atoms. The molecule has 4 aliphatic rings. The summed E-state index contributed by atoms with van der Waals surface area (Å²) in [6.07, 6.45) is 5.85. The standard InChI is InChI=1S/C27H46O5/c1-6-17-20-12-16(28)9-10-26(20,4)21-13-22(29)27(5)18(14(2)11-15(3)25(31)32)7-8-19(27)23(21)24(17)30/h14-24,28-30H,6-13H2,1-5H3,(H,31,32)/t14-,15+,16+,17+,18+,19?,20-,21?,22-,23?,24+,26-,27+/m0/s1. The van der Waals surface area contributed by atoms with Crippen molar-refractivity contribution in [3.63, 3.8) is 0 Å². The van der Waals surface area contributed by atoms with Crippen molar-refractivity contribution < 1.29 is 25.2 Å². The van der Waals surface area contributed by atoms with Gasteiger partial charge in [-0.05, 0) is 97.2 Å². The van der Waals surface area contributed by atoms with E-state index < -0.39 is 12.1 Å². The Labute approximate surface area is 194 Å². The minimum Gasteiger partial charge on any atom is -0.481 e. The molecule has 0 amide bonds. The first-order valence-corrected chi connectivity index (χ1v) is 13.2. The van der Waals surface area contributed by atoms with Gasteiger partial charge in [-0.1, -0.05) is 41.0 Å². The number of hydrogen-bond acceptors (Lipinski definition) is 4. The van der Waals surface area contributed by atoms with E-state index in [9.17, 15) is 25.2 Å². The SMILES string of the molecule is CC[C@H]1[C@@H](O)C2C3CC[C@H]([C@@H](C)C[C@@H](C)C(=O)O)[C@@]3(C)[C@@H](O)CC2[C@@]2(C)CC[C@@H](O)C[C@@H]12. The number of aliphatic hydroxyl groups is 3. The van der Waals surface area contributed by atoms with E-state index in [4.69, 9.17) is 0 Å². The average Bonchev–Trinajstić information content (AvgIpc) is 3.09. The maximum absolute atomic E-state index is 11.8. The van der Waals surface area contributed by atoms with Crippen LogP contribution in [-0.2, 0) is 4.79 Å². The second-order valence-electron chi connectivity index (χ2n) is 12.6. The van der Waals surface area contributed by atoms with Crippen LogP contribution in [0, 0.1) is 58.2 Å². The lowest BCUT2D eigenvalue weighted by Crippen LogP contribution is -2.65. The van der Waals surface area contributed by atoms with Gasteiger partial charge in [0.25, 0.3) is 0 Å². The molecular formula is C27H46O5. The van der Waals surface area contributed by atoms with E-state index in [0.717, 1.165) is 44.9 Å². The molecule has 0 aromatic carbocycles. The second-order valence-corrected chi connectivity index (χ2v) is 12.6. The van der Waals surface area contributed by atoms with Crippen LogP contribution >= 0.6 is 0 Å². The van der Waals surface area contributed by atoms with E-state index in [1.54, 1.807) is 6.92 Å². The highest BCUT2D eigenvalue weighted by atomic mass is 16.4. The van der Waals surface area contributed by atoms with Gasteiger partial charge in [-0.2, -0.15) is 0 Å². The molecule has 4 fully saturated rings. The Kier molecular flexibility index (Phi) is 6.53. The van der Waals surface area contributed by atoms with Crippen LogP contribution in [0.4, 0.5) is 0 Å². The van der Waals surface area contributed by atoms with Crippen LogP contribution in [0.2, 0.25) is 0 Å². The van der Waals surface area contributed by atoms with Gasteiger partial charge in [0.2, 0.25) is 0 Å². The van der Waals surface area contributed by atoms with E-state index in [0.29, 0.717) is 12.3 Å². The number of hydrogen-bond donors (Lipinski definition) is 4. The molecule has 4 saturated carbocycles. The molecule has 5 heteroatoms. The Hall–Kier alpha value is -0.650. The predicted molar refractivity (Wildman–Crippen MR) is 124 cm³/mol. The van der Waals surface area contributed by atoms with Crippen LogP contribution in [0.25, 0.3) is 0 Å². The summed E-state index contributed by atoms with van der Waals surface area (Å²) in [7, 11) is 0. The molecule has 4 rings (SSSR count). The maximum atomic E-state index is 11.8. The fourth-order valence-electron chi connectivity index (χ4n) is 9.71. The van der Waals surface area contributed by atoms with Crippen molar-refractivity contribution in [1.29, 1.82) is 0 Å². The third-order valence-electron chi connectivity index (χ3n) is 11.4. The maximum Gasteiger partial charge on any atom is 0.306 e. The van der Waals surface area contributed by atoms with Crippen LogP contribution < -0.4 is 0 Å². The Morgan fingerprint density at radius 2 is 1.69 bits per heavy atom. The first-order valence-electron chi connectivity index (χ1n) is 13.2. The minimum atomic E-state index is -0.743. The fraction of sp³-hybridized carbons (Fsp3) is 0.963. The number of rotatable bonds is 5. The molecule has 3 unspecified atom stereocenters. The smallest absolute Gasteiger partial charge is 0.306 e. The Morgan fingerprint density at radius 3 is 2.31 bits per heavy atom. The average molecular weight is 451 g/mol. The summed E-state index contributed by atoms with van der Waals surface area (Å²) in [5.74, 6) is 0.687. The Morgan fingerprint density at radius 1 is 1.00 bits per heavy atom. The third kappa shape index (κ3) is 3.48. The van der Waals surface area contributed by atoms with Crippen molar-refractivity contribution >= 4 is 5.97 Å². The van der Waals surface area contributed by atoms with Crippen molar-refractivity contribution in [2.24, 2.45) is 58.2 Å². The van der Waals surface area contributed by atoms with Gasteiger partial charge in [0.05, 0.1) is 24.2 Å². The van der Waals surface area contributed by atoms with Gasteiger partial charge in [0.1, 0.15) is 0 Å². The zero-order valence-electron chi connectivity index (χ0n) is 20.7. The van der Waals surface area contributed by atoms with E-state index in [1.807, 2.05) is 0 Å². The Bertz CT molecular complexity index is 710. The fourth-order valence-corrected chi connectivity index (χ4v) is 9.71. The van der Waals surface area contributed by atoms with Crippen LogP contribution in [0.5, 0.6) is 0 Å². The summed E-state index contributed by atoms with van der Waals surface area (Å²) in [5, 5.41) is 43.3. The lowest BCUT2D eigenvalue weighted by molar-refractivity contribution is -0.228. The summed E-state index contributed by atoms with van der Waals surface area (Å²) < 4.78 is 0. The van der Waals surface area contributed by atoms with Gasteiger partial charge in [0, 0.05) is 0 Å². The summed E-state index contributed by atoms with van der Waals surface area (Å²) in [5.41, 5.74) is -0.205. The van der Waals surface area contributed by atoms with E-state index in [-0.39, 0.29) is 64.5 Å². The summed E-state index contributed by atoms with van der Waals surface area (Å²) in [6, 6.07) is 0. The lowest BCUT2D eigenvalue weighted by Gasteiger charge is -2.65. The number of carboxylic acid groups (broad SMARTS) is 1. The molecule has 0 aromatic rings. The van der Waals surface area contributed by atoms with Crippen LogP contribution in [0.1, 0.15) is 86.0 Å². The summed E-state index contributed by atoms with van der Waals surface area (Å²) in [6.45, 7) is 10.8. The molecule has 4 aliphatic carbocycles. The molecule has 0 bridgehead atoms. The number of aliphatic hydroxyl groups excluding tert-OH is 3. The zero-order valence-corrected chi connectivity index (χ0v) is 20.7. The van der Waals surface area contributed by atoms with Crippen molar-refractivity contribution in [2.75, 3.05) is 0 Å². The molecule has 13 atom stereocenters. The van der Waals surface area contributed by atoms with E-state index in [2.05, 4.69) is 27.7 Å². The molecule has 0 aromatic heterocycles. The number of aliphatic carboxylic acids is 1. The molecule has 5 nitrogen and oxygen atoms in total.